The molecule has 0 spiro atoms. The minimum Gasteiger partial charge on any atom is -0.493 e. The number of hydrogen-bond donors (Lipinski definition) is 1. The van der Waals surface area contributed by atoms with E-state index in [9.17, 15) is 4.79 Å². The molecule has 0 bridgehead atoms. The molecule has 6 heteroatoms. The van der Waals surface area contributed by atoms with Crippen LogP contribution in [0.15, 0.2) is 48.5 Å². The van der Waals surface area contributed by atoms with Gasteiger partial charge in [-0.05, 0) is 62.2 Å². The predicted octanol–water partition coefficient (Wildman–Crippen LogP) is 4.47. The molecule has 3 rings (SSSR count). The summed E-state index contributed by atoms with van der Waals surface area (Å²) < 4.78 is 12.9. The zero-order chi connectivity index (χ0) is 22.5. The summed E-state index contributed by atoms with van der Waals surface area (Å²) in [4.78, 5) is 14.3. The fourth-order valence-corrected chi connectivity index (χ4v) is 3.93. The number of hydrogen-bond acceptors (Lipinski definition) is 4. The van der Waals surface area contributed by atoms with Crippen molar-refractivity contribution in [1.29, 1.82) is 0 Å². The summed E-state index contributed by atoms with van der Waals surface area (Å²) in [5.41, 5.74) is 11.2. The molecule has 31 heavy (non-hydrogen) atoms. The fourth-order valence-electron chi connectivity index (χ4n) is 3.93. The number of nitrogens with two attached hydrogens (primary N) is 1. The second-order valence-corrected chi connectivity index (χ2v) is 7.39. The molecule has 164 valence electrons. The molecule has 0 unspecified atom stereocenters. The smallest absolute Gasteiger partial charge is 0.250 e. The van der Waals surface area contributed by atoms with Crippen molar-refractivity contribution in [3.63, 3.8) is 0 Å². The second-order valence-electron chi connectivity index (χ2n) is 7.39. The Morgan fingerprint density at radius 1 is 0.968 bits per heavy atom. The topological polar surface area (TPSA) is 69.7 Å². The van der Waals surface area contributed by atoms with Gasteiger partial charge >= 0.3 is 0 Å². The van der Waals surface area contributed by atoms with Gasteiger partial charge in [0.05, 0.1) is 19.8 Å². The number of ether oxygens (including phenoxy) is 2. The Labute approximate surface area is 184 Å². The maximum Gasteiger partial charge on any atom is 0.250 e. The molecule has 0 saturated heterocycles. The highest BCUT2D eigenvalue weighted by atomic mass is 16.5. The highest BCUT2D eigenvalue weighted by molar-refractivity contribution is 5.95. The fraction of sp³-hybridized carbons (Fsp3) is 0.320. The van der Waals surface area contributed by atoms with Crippen molar-refractivity contribution in [3.8, 4) is 22.8 Å². The molecule has 3 aromatic rings. The average molecular weight is 422 g/mol. The first-order chi connectivity index (χ1) is 14.9. The first-order valence-corrected chi connectivity index (χ1v) is 10.5. The van der Waals surface area contributed by atoms with Crippen LogP contribution in [0.4, 0.5) is 5.69 Å². The van der Waals surface area contributed by atoms with Gasteiger partial charge in [0.1, 0.15) is 0 Å². The zero-order valence-electron chi connectivity index (χ0n) is 18.9. The molecule has 0 aliphatic carbocycles. The highest BCUT2D eigenvalue weighted by Crippen LogP contribution is 2.31. The summed E-state index contributed by atoms with van der Waals surface area (Å²) >= 11 is 0. The number of aromatic nitrogens is 1. The van der Waals surface area contributed by atoms with Gasteiger partial charge in [0.2, 0.25) is 0 Å². The molecule has 1 aromatic heterocycles. The Hall–Kier alpha value is -3.41. The normalized spacial score (nSPS) is 10.7. The number of rotatable bonds is 9. The Balaban J connectivity index is 2.04. The molecular formula is C25H31N3O3. The van der Waals surface area contributed by atoms with E-state index in [1.807, 2.05) is 31.2 Å². The maximum absolute atomic E-state index is 12.0. The van der Waals surface area contributed by atoms with Crippen LogP contribution in [0.1, 0.15) is 35.5 Å². The Morgan fingerprint density at radius 2 is 1.61 bits per heavy atom. The number of amides is 1. The van der Waals surface area contributed by atoms with Crippen LogP contribution < -0.4 is 20.1 Å². The van der Waals surface area contributed by atoms with Crippen molar-refractivity contribution >= 4 is 11.6 Å². The average Bonchev–Trinajstić information content (AvgIpc) is 3.11. The van der Waals surface area contributed by atoms with Crippen LogP contribution in [0.2, 0.25) is 0 Å². The SMILES string of the molecule is CCN(CC)c1ccc(-c2cc(C(N)=O)c(C)n2Cc2ccc(OC)c(OC)c2)cc1. The number of carbonyl (C=O) groups is 1. The van der Waals surface area contributed by atoms with E-state index in [1.54, 1.807) is 14.2 Å². The zero-order valence-corrected chi connectivity index (χ0v) is 18.9. The van der Waals surface area contributed by atoms with Gasteiger partial charge in [0.15, 0.2) is 11.5 Å². The first-order valence-electron chi connectivity index (χ1n) is 10.5. The summed E-state index contributed by atoms with van der Waals surface area (Å²) in [6.45, 7) is 8.70. The molecule has 0 saturated carbocycles. The minimum absolute atomic E-state index is 0.426. The number of carbonyl (C=O) groups excluding carboxylic acids is 1. The van der Waals surface area contributed by atoms with E-state index in [-0.39, 0.29) is 0 Å². The molecule has 1 amide bonds. The minimum atomic E-state index is -0.426. The summed E-state index contributed by atoms with van der Waals surface area (Å²) in [6.07, 6.45) is 0. The molecule has 6 nitrogen and oxygen atoms in total. The standard InChI is InChI=1S/C25H31N3O3/c1-6-27(7-2)20-11-9-19(10-12-20)22-15-21(25(26)29)17(3)28(22)16-18-8-13-23(30-4)24(14-18)31-5/h8-15H,6-7,16H2,1-5H3,(H2,26,29). The Morgan fingerprint density at radius 3 is 2.16 bits per heavy atom. The maximum atomic E-state index is 12.0. The first kappa shape index (κ1) is 22.3. The van der Waals surface area contributed by atoms with Crippen molar-refractivity contribution in [1.82, 2.24) is 4.57 Å². The molecule has 0 radical (unpaired) electrons. The van der Waals surface area contributed by atoms with E-state index in [4.69, 9.17) is 15.2 Å². The van der Waals surface area contributed by atoms with Crippen molar-refractivity contribution in [2.24, 2.45) is 5.73 Å². The lowest BCUT2D eigenvalue weighted by atomic mass is 10.1. The van der Waals surface area contributed by atoms with Crippen molar-refractivity contribution in [2.75, 3.05) is 32.2 Å². The van der Waals surface area contributed by atoms with Crippen LogP contribution in [0, 0.1) is 6.92 Å². The van der Waals surface area contributed by atoms with Crippen LogP contribution in [0.3, 0.4) is 0 Å². The third kappa shape index (κ3) is 4.53. The summed E-state index contributed by atoms with van der Waals surface area (Å²) in [5, 5.41) is 0. The summed E-state index contributed by atoms with van der Waals surface area (Å²) in [7, 11) is 3.24. The highest BCUT2D eigenvalue weighted by Gasteiger charge is 2.18. The van der Waals surface area contributed by atoms with E-state index in [0.29, 0.717) is 23.6 Å². The van der Waals surface area contributed by atoms with Crippen LogP contribution >= 0.6 is 0 Å². The Kier molecular flexibility index (Phi) is 6.90. The number of nitrogens with zero attached hydrogens (tertiary/aromatic N) is 2. The third-order valence-corrected chi connectivity index (χ3v) is 5.71. The van der Waals surface area contributed by atoms with Gasteiger partial charge in [-0.2, -0.15) is 0 Å². The summed E-state index contributed by atoms with van der Waals surface area (Å²) in [6, 6.07) is 16.2. The lowest BCUT2D eigenvalue weighted by Gasteiger charge is -2.21. The van der Waals surface area contributed by atoms with Crippen molar-refractivity contribution < 1.29 is 14.3 Å². The number of anilines is 1. The van der Waals surface area contributed by atoms with Crippen LogP contribution in [0.5, 0.6) is 11.5 Å². The Bertz CT molecular complexity index is 1050. The van der Waals surface area contributed by atoms with E-state index < -0.39 is 5.91 Å². The molecule has 0 fully saturated rings. The molecular weight excluding hydrogens is 390 g/mol. The number of benzene rings is 2. The van der Waals surface area contributed by atoms with Crippen LogP contribution in [0.25, 0.3) is 11.3 Å². The van der Waals surface area contributed by atoms with Crippen molar-refractivity contribution in [3.05, 3.63) is 65.4 Å². The van der Waals surface area contributed by atoms with Crippen LogP contribution in [-0.4, -0.2) is 37.8 Å². The van der Waals surface area contributed by atoms with Gasteiger partial charge in [-0.15, -0.1) is 0 Å². The summed E-state index contributed by atoms with van der Waals surface area (Å²) in [5.74, 6) is 0.926. The third-order valence-electron chi connectivity index (χ3n) is 5.71. The molecule has 0 aliphatic heterocycles. The van der Waals surface area contributed by atoms with Gasteiger partial charge < -0.3 is 24.7 Å². The number of methoxy groups -OCH3 is 2. The van der Waals surface area contributed by atoms with Crippen molar-refractivity contribution in [2.45, 2.75) is 27.3 Å². The number of primary amides is 1. The predicted molar refractivity (Wildman–Crippen MR) is 125 cm³/mol. The van der Waals surface area contributed by atoms with E-state index >= 15 is 0 Å². The van der Waals surface area contributed by atoms with Gasteiger partial charge in [0, 0.05) is 36.7 Å². The van der Waals surface area contributed by atoms with Gasteiger partial charge in [0.25, 0.3) is 5.91 Å². The molecule has 2 aromatic carbocycles. The van der Waals surface area contributed by atoms with Gasteiger partial charge in [-0.1, -0.05) is 18.2 Å². The van der Waals surface area contributed by atoms with Crippen LogP contribution in [-0.2, 0) is 6.54 Å². The lowest BCUT2D eigenvalue weighted by molar-refractivity contribution is 0.0999. The van der Waals surface area contributed by atoms with E-state index in [1.165, 1.54) is 5.69 Å². The molecule has 0 atom stereocenters. The quantitative estimate of drug-likeness (QED) is 0.553. The molecule has 0 aliphatic rings. The lowest BCUT2D eigenvalue weighted by Crippen LogP contribution is -2.21. The monoisotopic (exact) mass is 421 g/mol. The molecule has 2 N–H and O–H groups in total. The van der Waals surface area contributed by atoms with E-state index in [2.05, 4.69) is 47.6 Å². The molecule has 1 heterocycles. The van der Waals surface area contributed by atoms with E-state index in [0.717, 1.165) is 35.6 Å². The van der Waals surface area contributed by atoms with Gasteiger partial charge in [-0.25, -0.2) is 0 Å². The second kappa shape index (κ2) is 9.60. The van der Waals surface area contributed by atoms with Gasteiger partial charge in [-0.3, -0.25) is 4.79 Å². The largest absolute Gasteiger partial charge is 0.493 e.